The number of fused-ring (bicyclic) bond motifs is 1. The summed E-state index contributed by atoms with van der Waals surface area (Å²) in [5, 5.41) is 9.20. The summed E-state index contributed by atoms with van der Waals surface area (Å²) >= 11 is 0. The van der Waals surface area contributed by atoms with E-state index < -0.39 is 5.97 Å². The molecule has 1 saturated carbocycles. The largest absolute Gasteiger partial charge is 0.481 e. The predicted octanol–water partition coefficient (Wildman–Crippen LogP) is 4.97. The lowest BCUT2D eigenvalue weighted by atomic mass is 9.51. The maximum absolute atomic E-state index is 11.2. The number of carboxylic acid groups (broad SMARTS) is 1. The van der Waals surface area contributed by atoms with Crippen molar-refractivity contribution in [1.82, 2.24) is 0 Å². The smallest absolute Gasteiger partial charge is 0.303 e. The minimum Gasteiger partial charge on any atom is -0.481 e. The molecule has 23 heavy (non-hydrogen) atoms. The fraction of sp³-hybridized carbons (Fsp3) is 0.750. The van der Waals surface area contributed by atoms with Crippen LogP contribution in [0, 0.1) is 17.3 Å². The molecule has 0 aromatic carbocycles. The van der Waals surface area contributed by atoms with E-state index in [-0.39, 0.29) is 23.0 Å². The molecule has 1 N–H and O–H groups in total. The van der Waals surface area contributed by atoms with Crippen LogP contribution in [-0.4, -0.2) is 22.3 Å². The first-order valence-electron chi connectivity index (χ1n) is 8.77. The van der Waals surface area contributed by atoms with E-state index in [1.165, 1.54) is 5.57 Å². The maximum Gasteiger partial charge on any atom is 0.303 e. The van der Waals surface area contributed by atoms with Crippen molar-refractivity contribution in [3.63, 3.8) is 0 Å². The number of aliphatic carboxylic acids is 1. The standard InChI is InChI=1S/C20H32O3/c1-7-18(4)11-9-16-19(5,12-10-17(21)22)15(14(2)3)8-13-20(16,6)23-18/h7,15-16H,1-2,8-13H2,3-6H3,(H,21,22). The molecule has 1 heterocycles. The maximum atomic E-state index is 11.2. The fourth-order valence-electron chi connectivity index (χ4n) is 5.32. The Balaban J connectivity index is 2.36. The molecule has 2 fully saturated rings. The van der Waals surface area contributed by atoms with Gasteiger partial charge >= 0.3 is 5.97 Å². The zero-order valence-corrected chi connectivity index (χ0v) is 15.2. The third-order valence-corrected chi connectivity index (χ3v) is 6.56. The van der Waals surface area contributed by atoms with Crippen molar-refractivity contribution >= 4 is 5.97 Å². The van der Waals surface area contributed by atoms with E-state index in [4.69, 9.17) is 4.74 Å². The third kappa shape index (κ3) is 3.26. The van der Waals surface area contributed by atoms with E-state index in [0.29, 0.717) is 18.3 Å². The molecule has 1 aliphatic heterocycles. The van der Waals surface area contributed by atoms with Crippen molar-refractivity contribution in [3.05, 3.63) is 24.8 Å². The van der Waals surface area contributed by atoms with Crippen LogP contribution in [-0.2, 0) is 9.53 Å². The van der Waals surface area contributed by atoms with Crippen molar-refractivity contribution in [1.29, 1.82) is 0 Å². The van der Waals surface area contributed by atoms with Gasteiger partial charge in [0.1, 0.15) is 0 Å². The van der Waals surface area contributed by atoms with Gasteiger partial charge in [-0.25, -0.2) is 0 Å². The van der Waals surface area contributed by atoms with Crippen LogP contribution in [0.15, 0.2) is 24.8 Å². The molecule has 1 saturated heterocycles. The molecule has 5 unspecified atom stereocenters. The number of ether oxygens (including phenoxy) is 1. The number of carbonyl (C=O) groups is 1. The highest BCUT2D eigenvalue weighted by molar-refractivity contribution is 5.66. The van der Waals surface area contributed by atoms with Gasteiger partial charge in [-0.05, 0) is 70.1 Å². The second-order valence-corrected chi connectivity index (χ2v) is 8.36. The first kappa shape index (κ1) is 18.3. The summed E-state index contributed by atoms with van der Waals surface area (Å²) in [7, 11) is 0. The van der Waals surface area contributed by atoms with Crippen LogP contribution in [0.3, 0.4) is 0 Å². The summed E-state index contributed by atoms with van der Waals surface area (Å²) in [6, 6.07) is 0. The molecule has 0 radical (unpaired) electrons. The molecule has 0 aromatic heterocycles. The van der Waals surface area contributed by atoms with Crippen LogP contribution < -0.4 is 0 Å². The van der Waals surface area contributed by atoms with Gasteiger partial charge in [0.05, 0.1) is 11.2 Å². The Morgan fingerprint density at radius 2 is 1.96 bits per heavy atom. The van der Waals surface area contributed by atoms with Gasteiger partial charge in [0.25, 0.3) is 0 Å². The summed E-state index contributed by atoms with van der Waals surface area (Å²) in [5.41, 5.74) is 0.631. The van der Waals surface area contributed by atoms with Gasteiger partial charge in [-0.2, -0.15) is 0 Å². The number of rotatable bonds is 5. The van der Waals surface area contributed by atoms with E-state index in [1.807, 2.05) is 6.08 Å². The lowest BCUT2D eigenvalue weighted by Gasteiger charge is -2.61. The van der Waals surface area contributed by atoms with Gasteiger partial charge in [-0.15, -0.1) is 6.58 Å². The van der Waals surface area contributed by atoms with Crippen molar-refractivity contribution in [2.75, 3.05) is 0 Å². The molecule has 130 valence electrons. The van der Waals surface area contributed by atoms with Crippen LogP contribution in [0.4, 0.5) is 0 Å². The average Bonchev–Trinajstić information content (AvgIpc) is 2.44. The van der Waals surface area contributed by atoms with Crippen LogP contribution >= 0.6 is 0 Å². The monoisotopic (exact) mass is 320 g/mol. The average molecular weight is 320 g/mol. The molecule has 0 spiro atoms. The van der Waals surface area contributed by atoms with Crippen LogP contribution in [0.5, 0.6) is 0 Å². The van der Waals surface area contributed by atoms with Gasteiger partial charge in [-0.1, -0.05) is 25.2 Å². The molecule has 3 heteroatoms. The molecule has 5 atom stereocenters. The molecule has 2 rings (SSSR count). The summed E-state index contributed by atoms with van der Waals surface area (Å²) in [6.07, 6.45) is 6.85. The molecular weight excluding hydrogens is 288 g/mol. The van der Waals surface area contributed by atoms with Gasteiger partial charge in [0.2, 0.25) is 0 Å². The summed E-state index contributed by atoms with van der Waals surface area (Å²) in [5.74, 6) is 0.0149. The highest BCUT2D eigenvalue weighted by Crippen LogP contribution is 2.60. The van der Waals surface area contributed by atoms with Gasteiger partial charge in [0, 0.05) is 6.42 Å². The minimum atomic E-state index is -0.716. The Morgan fingerprint density at radius 3 is 2.48 bits per heavy atom. The number of carboxylic acids is 1. The lowest BCUT2D eigenvalue weighted by molar-refractivity contribution is -0.234. The fourth-order valence-corrected chi connectivity index (χ4v) is 5.32. The van der Waals surface area contributed by atoms with Crippen molar-refractivity contribution < 1.29 is 14.6 Å². The Labute approximate surface area is 140 Å². The summed E-state index contributed by atoms with van der Waals surface area (Å²) < 4.78 is 6.55. The topological polar surface area (TPSA) is 46.5 Å². The normalized spacial score (nSPS) is 43.5. The number of hydrogen-bond acceptors (Lipinski definition) is 2. The molecular formula is C20H32O3. The van der Waals surface area contributed by atoms with Crippen molar-refractivity contribution in [2.45, 2.75) is 77.4 Å². The van der Waals surface area contributed by atoms with E-state index in [0.717, 1.165) is 25.7 Å². The van der Waals surface area contributed by atoms with Crippen molar-refractivity contribution in [2.24, 2.45) is 17.3 Å². The predicted molar refractivity (Wildman–Crippen MR) is 93.3 cm³/mol. The Kier molecular flexibility index (Phi) is 4.83. The molecule has 0 amide bonds. The molecule has 1 aliphatic carbocycles. The van der Waals surface area contributed by atoms with E-state index in [2.05, 4.69) is 40.9 Å². The lowest BCUT2D eigenvalue weighted by Crippen LogP contribution is -2.59. The molecule has 2 aliphatic rings. The highest BCUT2D eigenvalue weighted by Gasteiger charge is 2.57. The van der Waals surface area contributed by atoms with E-state index >= 15 is 0 Å². The zero-order chi connectivity index (χ0) is 17.5. The first-order valence-corrected chi connectivity index (χ1v) is 8.77. The Hall–Kier alpha value is -1.09. The van der Waals surface area contributed by atoms with Crippen LogP contribution in [0.2, 0.25) is 0 Å². The number of hydrogen-bond donors (Lipinski definition) is 1. The SMILES string of the molecule is C=CC1(C)CCC2C(C)(CCC(C(=C)C)C2(C)CCC(=O)O)O1. The zero-order valence-electron chi connectivity index (χ0n) is 15.2. The van der Waals surface area contributed by atoms with E-state index in [9.17, 15) is 9.90 Å². The van der Waals surface area contributed by atoms with Crippen LogP contribution in [0.25, 0.3) is 0 Å². The van der Waals surface area contributed by atoms with Crippen LogP contribution in [0.1, 0.15) is 66.2 Å². The molecule has 0 aromatic rings. The second kappa shape index (κ2) is 6.08. The summed E-state index contributed by atoms with van der Waals surface area (Å²) in [6.45, 7) is 16.8. The number of allylic oxidation sites excluding steroid dienone is 1. The molecule has 0 bridgehead atoms. The quantitative estimate of drug-likeness (QED) is 0.727. The van der Waals surface area contributed by atoms with E-state index in [1.54, 1.807) is 0 Å². The van der Waals surface area contributed by atoms with Gasteiger partial charge in [-0.3, -0.25) is 4.79 Å². The highest BCUT2D eigenvalue weighted by atomic mass is 16.5. The van der Waals surface area contributed by atoms with Gasteiger partial charge < -0.3 is 9.84 Å². The third-order valence-electron chi connectivity index (χ3n) is 6.56. The Bertz CT molecular complexity index is 511. The van der Waals surface area contributed by atoms with Gasteiger partial charge in [0.15, 0.2) is 0 Å². The minimum absolute atomic E-state index is 0.0697. The summed E-state index contributed by atoms with van der Waals surface area (Å²) in [4.78, 5) is 11.2. The second-order valence-electron chi connectivity index (χ2n) is 8.36. The first-order chi connectivity index (χ1) is 10.6. The molecule has 3 nitrogen and oxygen atoms in total. The Morgan fingerprint density at radius 1 is 1.30 bits per heavy atom. The van der Waals surface area contributed by atoms with Crippen molar-refractivity contribution in [3.8, 4) is 0 Å².